The van der Waals surface area contributed by atoms with Crippen molar-refractivity contribution in [3.05, 3.63) is 0 Å². The summed E-state index contributed by atoms with van der Waals surface area (Å²) in [5.41, 5.74) is 0. The number of nitrogens with zero attached hydrogens (tertiary/aromatic N) is 1. The molecule has 0 amide bonds. The third kappa shape index (κ3) is 3.11. The second-order valence-electron chi connectivity index (χ2n) is 5.12. The molecule has 0 bridgehead atoms. The third-order valence-electron chi connectivity index (χ3n) is 3.68. The van der Waals surface area contributed by atoms with Gasteiger partial charge in [-0.15, -0.1) is 0 Å². The SMILES string of the molecule is CC(C)NCC1CCC1N1CCSCC1. The molecule has 2 atom stereocenters. The van der Waals surface area contributed by atoms with Crippen molar-refractivity contribution in [1.82, 2.24) is 10.2 Å². The van der Waals surface area contributed by atoms with Crippen LogP contribution in [-0.2, 0) is 0 Å². The van der Waals surface area contributed by atoms with Crippen molar-refractivity contribution in [3.8, 4) is 0 Å². The first-order valence-electron chi connectivity index (χ1n) is 6.32. The molecule has 0 radical (unpaired) electrons. The quantitative estimate of drug-likeness (QED) is 0.790. The first kappa shape index (κ1) is 11.7. The fourth-order valence-corrected chi connectivity index (χ4v) is 3.50. The van der Waals surface area contributed by atoms with Crippen LogP contribution in [-0.4, -0.2) is 48.1 Å². The van der Waals surface area contributed by atoms with Gasteiger partial charge in [0.15, 0.2) is 0 Å². The first-order valence-corrected chi connectivity index (χ1v) is 7.48. The van der Waals surface area contributed by atoms with Gasteiger partial charge >= 0.3 is 0 Å². The second-order valence-corrected chi connectivity index (χ2v) is 6.34. The van der Waals surface area contributed by atoms with E-state index in [1.54, 1.807) is 0 Å². The molecule has 15 heavy (non-hydrogen) atoms. The molecular formula is C12H24N2S. The molecule has 2 nitrogen and oxygen atoms in total. The Labute approximate surface area is 98.2 Å². The Kier molecular flexibility index (Phi) is 4.35. The van der Waals surface area contributed by atoms with E-state index in [2.05, 4.69) is 35.8 Å². The van der Waals surface area contributed by atoms with Gasteiger partial charge in [0.2, 0.25) is 0 Å². The van der Waals surface area contributed by atoms with Gasteiger partial charge in [0.1, 0.15) is 0 Å². The minimum atomic E-state index is 0.642. The number of hydrogen-bond acceptors (Lipinski definition) is 3. The molecule has 1 saturated carbocycles. The Bertz CT molecular complexity index is 190. The summed E-state index contributed by atoms with van der Waals surface area (Å²) in [4.78, 5) is 2.73. The van der Waals surface area contributed by atoms with E-state index in [0.29, 0.717) is 6.04 Å². The van der Waals surface area contributed by atoms with Crippen molar-refractivity contribution in [2.75, 3.05) is 31.1 Å². The van der Waals surface area contributed by atoms with Gasteiger partial charge in [-0.1, -0.05) is 13.8 Å². The third-order valence-corrected chi connectivity index (χ3v) is 4.62. The van der Waals surface area contributed by atoms with Gasteiger partial charge in [0.25, 0.3) is 0 Å². The van der Waals surface area contributed by atoms with E-state index < -0.39 is 0 Å². The maximum Gasteiger partial charge on any atom is 0.0136 e. The van der Waals surface area contributed by atoms with Crippen molar-refractivity contribution in [2.24, 2.45) is 5.92 Å². The molecule has 3 heteroatoms. The standard InChI is InChI=1S/C12H24N2S/c1-10(2)13-9-11-3-4-12(11)14-5-7-15-8-6-14/h10-13H,3-9H2,1-2H3. The van der Waals surface area contributed by atoms with Crippen molar-refractivity contribution >= 4 is 11.8 Å². The summed E-state index contributed by atoms with van der Waals surface area (Å²) >= 11 is 2.11. The van der Waals surface area contributed by atoms with Gasteiger partial charge in [0, 0.05) is 36.7 Å². The molecule has 2 unspecified atom stereocenters. The molecule has 2 fully saturated rings. The molecule has 1 saturated heterocycles. The number of rotatable bonds is 4. The Morgan fingerprint density at radius 3 is 2.53 bits per heavy atom. The van der Waals surface area contributed by atoms with Gasteiger partial charge in [-0.2, -0.15) is 11.8 Å². The molecule has 1 aliphatic carbocycles. The lowest BCUT2D eigenvalue weighted by Crippen LogP contribution is -2.53. The zero-order valence-electron chi connectivity index (χ0n) is 10.0. The van der Waals surface area contributed by atoms with E-state index in [0.717, 1.165) is 12.0 Å². The first-order chi connectivity index (χ1) is 7.27. The molecule has 88 valence electrons. The Morgan fingerprint density at radius 1 is 1.27 bits per heavy atom. The van der Waals surface area contributed by atoms with Gasteiger partial charge < -0.3 is 5.32 Å². The van der Waals surface area contributed by atoms with Gasteiger partial charge in [-0.3, -0.25) is 4.90 Å². The topological polar surface area (TPSA) is 15.3 Å². The molecule has 1 N–H and O–H groups in total. The Hall–Kier alpha value is 0.270. The summed E-state index contributed by atoms with van der Waals surface area (Å²) in [7, 11) is 0. The van der Waals surface area contributed by atoms with Crippen molar-refractivity contribution in [1.29, 1.82) is 0 Å². The van der Waals surface area contributed by atoms with E-state index in [9.17, 15) is 0 Å². The number of thioether (sulfide) groups is 1. The van der Waals surface area contributed by atoms with E-state index in [1.165, 1.54) is 44.0 Å². The summed E-state index contributed by atoms with van der Waals surface area (Å²) in [6.07, 6.45) is 2.88. The van der Waals surface area contributed by atoms with E-state index in [-0.39, 0.29) is 0 Å². The zero-order chi connectivity index (χ0) is 10.7. The lowest BCUT2D eigenvalue weighted by molar-refractivity contribution is 0.0692. The highest BCUT2D eigenvalue weighted by molar-refractivity contribution is 7.99. The predicted molar refractivity (Wildman–Crippen MR) is 68.5 cm³/mol. The minimum Gasteiger partial charge on any atom is -0.314 e. The lowest BCUT2D eigenvalue weighted by atomic mass is 9.78. The van der Waals surface area contributed by atoms with E-state index in [1.807, 2.05) is 0 Å². The average Bonchev–Trinajstić information content (AvgIpc) is 2.17. The summed E-state index contributed by atoms with van der Waals surface area (Å²) in [5.74, 6) is 3.62. The summed E-state index contributed by atoms with van der Waals surface area (Å²) < 4.78 is 0. The summed E-state index contributed by atoms with van der Waals surface area (Å²) in [6.45, 7) is 8.36. The fraction of sp³-hybridized carbons (Fsp3) is 1.00. The van der Waals surface area contributed by atoms with Crippen LogP contribution in [0.4, 0.5) is 0 Å². The molecule has 0 aromatic heterocycles. The van der Waals surface area contributed by atoms with Crippen LogP contribution in [0.5, 0.6) is 0 Å². The highest BCUT2D eigenvalue weighted by atomic mass is 32.2. The zero-order valence-corrected chi connectivity index (χ0v) is 10.9. The smallest absolute Gasteiger partial charge is 0.0136 e. The lowest BCUT2D eigenvalue weighted by Gasteiger charge is -2.46. The highest BCUT2D eigenvalue weighted by Crippen LogP contribution is 2.33. The second kappa shape index (κ2) is 5.55. The van der Waals surface area contributed by atoms with Gasteiger partial charge in [0.05, 0.1) is 0 Å². The van der Waals surface area contributed by atoms with E-state index >= 15 is 0 Å². The van der Waals surface area contributed by atoms with Crippen LogP contribution < -0.4 is 5.32 Å². The fourth-order valence-electron chi connectivity index (χ4n) is 2.57. The van der Waals surface area contributed by atoms with Crippen LogP contribution in [0.1, 0.15) is 26.7 Å². The van der Waals surface area contributed by atoms with E-state index in [4.69, 9.17) is 0 Å². The average molecular weight is 228 g/mol. The van der Waals surface area contributed by atoms with Crippen LogP contribution in [0, 0.1) is 5.92 Å². The maximum absolute atomic E-state index is 3.58. The molecular weight excluding hydrogens is 204 g/mol. The molecule has 0 spiro atoms. The predicted octanol–water partition coefficient (Wildman–Crippen LogP) is 1.81. The molecule has 0 aromatic rings. The molecule has 0 aromatic carbocycles. The van der Waals surface area contributed by atoms with Crippen LogP contribution in [0.25, 0.3) is 0 Å². The van der Waals surface area contributed by atoms with Gasteiger partial charge in [-0.25, -0.2) is 0 Å². The largest absolute Gasteiger partial charge is 0.314 e. The van der Waals surface area contributed by atoms with Gasteiger partial charge in [-0.05, 0) is 25.3 Å². The molecule has 1 aliphatic heterocycles. The Morgan fingerprint density at radius 2 is 2.00 bits per heavy atom. The minimum absolute atomic E-state index is 0.642. The highest BCUT2D eigenvalue weighted by Gasteiger charge is 2.35. The summed E-state index contributed by atoms with van der Waals surface area (Å²) in [6, 6.07) is 1.54. The number of nitrogens with one attached hydrogen (secondary N) is 1. The van der Waals surface area contributed by atoms with Crippen molar-refractivity contribution in [3.63, 3.8) is 0 Å². The molecule has 2 aliphatic rings. The van der Waals surface area contributed by atoms with Crippen LogP contribution in [0.2, 0.25) is 0 Å². The van der Waals surface area contributed by atoms with Crippen LogP contribution in [0.15, 0.2) is 0 Å². The Balaban J connectivity index is 1.73. The molecule has 2 rings (SSSR count). The van der Waals surface area contributed by atoms with Crippen LogP contribution >= 0.6 is 11.8 Å². The summed E-state index contributed by atoms with van der Waals surface area (Å²) in [5, 5.41) is 3.58. The van der Waals surface area contributed by atoms with Crippen molar-refractivity contribution < 1.29 is 0 Å². The maximum atomic E-state index is 3.58. The van der Waals surface area contributed by atoms with Crippen LogP contribution in [0.3, 0.4) is 0 Å². The molecule has 1 heterocycles. The van der Waals surface area contributed by atoms with Crippen molar-refractivity contribution in [2.45, 2.75) is 38.8 Å². The normalized spacial score (nSPS) is 33.0. The monoisotopic (exact) mass is 228 g/mol. The number of hydrogen-bond donors (Lipinski definition) is 1.